The van der Waals surface area contributed by atoms with E-state index >= 15 is 0 Å². The minimum absolute atomic E-state index is 0.306. The molecular formula is C15H10Cl3NO2. The van der Waals surface area contributed by atoms with Crippen molar-refractivity contribution in [1.29, 1.82) is 0 Å². The Labute approximate surface area is 136 Å². The normalized spacial score (nSPS) is 11.8. The van der Waals surface area contributed by atoms with Gasteiger partial charge in [-0.3, -0.25) is 9.59 Å². The second kappa shape index (κ2) is 6.94. The van der Waals surface area contributed by atoms with Crippen LogP contribution in [0.2, 0.25) is 10.0 Å². The maximum Gasteiger partial charge on any atom is 0.250 e. The molecule has 108 valence electrons. The van der Waals surface area contributed by atoms with Crippen LogP contribution in [0.1, 0.15) is 10.4 Å². The molecule has 0 saturated carbocycles. The van der Waals surface area contributed by atoms with Crippen molar-refractivity contribution in [3.05, 3.63) is 64.1 Å². The highest BCUT2D eigenvalue weighted by Gasteiger charge is 2.25. The summed E-state index contributed by atoms with van der Waals surface area (Å²) in [5.74, 6) is -1.14. The average molecular weight is 343 g/mol. The lowest BCUT2D eigenvalue weighted by molar-refractivity contribution is -0.115. The van der Waals surface area contributed by atoms with Crippen LogP contribution in [0.4, 0.5) is 5.69 Å². The zero-order chi connectivity index (χ0) is 15.4. The third-order valence-corrected chi connectivity index (χ3v) is 3.67. The molecule has 1 atom stereocenters. The lowest BCUT2D eigenvalue weighted by atomic mass is 10.1. The predicted octanol–water partition coefficient (Wildman–Crippen LogP) is 4.42. The Bertz CT molecular complexity index is 674. The van der Waals surface area contributed by atoms with Gasteiger partial charge >= 0.3 is 0 Å². The first-order chi connectivity index (χ1) is 9.99. The van der Waals surface area contributed by atoms with Gasteiger partial charge in [-0.25, -0.2) is 0 Å². The molecule has 2 aromatic carbocycles. The monoisotopic (exact) mass is 341 g/mol. The van der Waals surface area contributed by atoms with Gasteiger partial charge < -0.3 is 5.32 Å². The summed E-state index contributed by atoms with van der Waals surface area (Å²) in [5, 5.41) is 1.87. The largest absolute Gasteiger partial charge is 0.323 e. The number of anilines is 1. The van der Waals surface area contributed by atoms with E-state index in [-0.39, 0.29) is 0 Å². The maximum absolute atomic E-state index is 12.1. The van der Waals surface area contributed by atoms with Gasteiger partial charge in [-0.05, 0) is 18.2 Å². The van der Waals surface area contributed by atoms with Crippen molar-refractivity contribution < 1.29 is 9.59 Å². The Morgan fingerprint density at radius 3 is 2.33 bits per heavy atom. The van der Waals surface area contributed by atoms with E-state index in [1.165, 1.54) is 6.07 Å². The van der Waals surface area contributed by atoms with Crippen LogP contribution >= 0.6 is 34.8 Å². The molecule has 0 unspecified atom stereocenters. The third kappa shape index (κ3) is 3.97. The Balaban J connectivity index is 2.13. The van der Waals surface area contributed by atoms with Gasteiger partial charge in [-0.2, -0.15) is 0 Å². The fraction of sp³-hybridized carbons (Fsp3) is 0.0667. The van der Waals surface area contributed by atoms with Gasteiger partial charge in [-0.1, -0.05) is 53.5 Å². The van der Waals surface area contributed by atoms with E-state index in [1.807, 2.05) is 0 Å². The number of amides is 1. The lowest BCUT2D eigenvalue weighted by Crippen LogP contribution is -2.30. The minimum Gasteiger partial charge on any atom is -0.323 e. The van der Waals surface area contributed by atoms with Crippen molar-refractivity contribution in [2.24, 2.45) is 0 Å². The van der Waals surface area contributed by atoms with E-state index in [2.05, 4.69) is 5.32 Å². The van der Waals surface area contributed by atoms with Crippen LogP contribution in [-0.4, -0.2) is 17.1 Å². The number of benzene rings is 2. The van der Waals surface area contributed by atoms with E-state index in [1.54, 1.807) is 42.5 Å². The van der Waals surface area contributed by atoms with Gasteiger partial charge in [0.2, 0.25) is 5.91 Å². The number of carbonyl (C=O) groups excluding carboxylic acids is 2. The van der Waals surface area contributed by atoms with Crippen molar-refractivity contribution in [3.63, 3.8) is 0 Å². The SMILES string of the molecule is O=C(Nc1cc(Cl)ccc1Cl)[C@H](Cl)C(=O)c1ccccc1. The standard InChI is InChI=1S/C15H10Cl3NO2/c16-10-6-7-11(17)12(8-10)19-15(21)13(18)14(20)9-4-2-1-3-5-9/h1-8,13H,(H,19,21)/t13-/m1/s1. The van der Waals surface area contributed by atoms with Gasteiger partial charge in [0.05, 0.1) is 10.7 Å². The van der Waals surface area contributed by atoms with Crippen LogP contribution < -0.4 is 5.32 Å². The van der Waals surface area contributed by atoms with E-state index in [0.717, 1.165) is 0 Å². The van der Waals surface area contributed by atoms with E-state index < -0.39 is 17.1 Å². The summed E-state index contributed by atoms with van der Waals surface area (Å²) in [5.41, 5.74) is 0.672. The molecule has 0 aliphatic rings. The van der Waals surface area contributed by atoms with Gasteiger partial charge in [0.15, 0.2) is 11.2 Å². The smallest absolute Gasteiger partial charge is 0.250 e. The van der Waals surface area contributed by atoms with Gasteiger partial charge in [0.25, 0.3) is 0 Å². The van der Waals surface area contributed by atoms with Gasteiger partial charge in [0.1, 0.15) is 0 Å². The lowest BCUT2D eigenvalue weighted by Gasteiger charge is -2.11. The number of hydrogen-bond acceptors (Lipinski definition) is 2. The van der Waals surface area contributed by atoms with Crippen molar-refractivity contribution in [2.75, 3.05) is 5.32 Å². The number of halogens is 3. The molecule has 0 bridgehead atoms. The molecule has 0 aliphatic heterocycles. The molecule has 6 heteroatoms. The molecule has 0 aromatic heterocycles. The van der Waals surface area contributed by atoms with Crippen LogP contribution in [-0.2, 0) is 4.79 Å². The molecule has 0 fully saturated rings. The highest BCUT2D eigenvalue weighted by Crippen LogP contribution is 2.26. The number of Topliss-reactive ketones (excluding diaryl/α,β-unsaturated/α-hetero) is 1. The first-order valence-corrected chi connectivity index (χ1v) is 7.17. The van der Waals surface area contributed by atoms with Crippen LogP contribution in [0, 0.1) is 0 Å². The van der Waals surface area contributed by atoms with Crippen molar-refractivity contribution >= 4 is 52.2 Å². The summed E-state index contributed by atoms with van der Waals surface area (Å²) in [6, 6.07) is 13.0. The zero-order valence-corrected chi connectivity index (χ0v) is 12.9. The summed E-state index contributed by atoms with van der Waals surface area (Å²) in [7, 11) is 0. The number of rotatable bonds is 4. The number of alkyl halides is 1. The van der Waals surface area contributed by atoms with Gasteiger partial charge in [0, 0.05) is 10.6 Å². The maximum atomic E-state index is 12.1. The Hall–Kier alpha value is -1.55. The third-order valence-electron chi connectivity index (χ3n) is 2.70. The van der Waals surface area contributed by atoms with Crippen molar-refractivity contribution in [3.8, 4) is 0 Å². The second-order valence-electron chi connectivity index (χ2n) is 4.21. The highest BCUT2D eigenvalue weighted by molar-refractivity contribution is 6.46. The summed E-state index contributed by atoms with van der Waals surface area (Å²) < 4.78 is 0. The average Bonchev–Trinajstić information content (AvgIpc) is 2.50. The highest BCUT2D eigenvalue weighted by atomic mass is 35.5. The fourth-order valence-corrected chi connectivity index (χ4v) is 2.17. The number of nitrogens with one attached hydrogen (secondary N) is 1. The number of ketones is 1. The van der Waals surface area contributed by atoms with Crippen LogP contribution in [0.15, 0.2) is 48.5 Å². The number of carbonyl (C=O) groups is 2. The molecule has 3 nitrogen and oxygen atoms in total. The topological polar surface area (TPSA) is 46.2 Å². The predicted molar refractivity (Wildman–Crippen MR) is 85.5 cm³/mol. The molecule has 0 spiro atoms. The van der Waals surface area contributed by atoms with Crippen molar-refractivity contribution in [1.82, 2.24) is 0 Å². The molecule has 0 heterocycles. The number of hydrogen-bond donors (Lipinski definition) is 1. The van der Waals surface area contributed by atoms with Crippen molar-refractivity contribution in [2.45, 2.75) is 5.38 Å². The molecule has 21 heavy (non-hydrogen) atoms. The molecule has 0 saturated heterocycles. The quantitative estimate of drug-likeness (QED) is 0.508. The first kappa shape index (κ1) is 15.8. The zero-order valence-electron chi connectivity index (χ0n) is 10.6. The molecule has 1 amide bonds. The molecule has 0 radical (unpaired) electrons. The van der Waals surface area contributed by atoms with Crippen LogP contribution in [0.3, 0.4) is 0 Å². The minimum atomic E-state index is -1.34. The van der Waals surface area contributed by atoms with Crippen LogP contribution in [0.25, 0.3) is 0 Å². The van der Waals surface area contributed by atoms with E-state index in [0.29, 0.717) is 21.3 Å². The van der Waals surface area contributed by atoms with E-state index in [4.69, 9.17) is 34.8 Å². The second-order valence-corrected chi connectivity index (χ2v) is 5.49. The summed E-state index contributed by atoms with van der Waals surface area (Å²) in [6.45, 7) is 0. The molecule has 0 aliphatic carbocycles. The Morgan fingerprint density at radius 2 is 1.67 bits per heavy atom. The summed E-state index contributed by atoms with van der Waals surface area (Å²) in [6.07, 6.45) is 0. The summed E-state index contributed by atoms with van der Waals surface area (Å²) in [4.78, 5) is 24.1. The first-order valence-electron chi connectivity index (χ1n) is 5.98. The molecule has 1 N–H and O–H groups in total. The molecule has 2 rings (SSSR count). The Kier molecular flexibility index (Phi) is 5.23. The van der Waals surface area contributed by atoms with Crippen LogP contribution in [0.5, 0.6) is 0 Å². The summed E-state index contributed by atoms with van der Waals surface area (Å²) >= 11 is 17.7. The Morgan fingerprint density at radius 1 is 1.00 bits per heavy atom. The molecule has 2 aromatic rings. The van der Waals surface area contributed by atoms with Gasteiger partial charge in [-0.15, -0.1) is 11.6 Å². The van der Waals surface area contributed by atoms with E-state index in [9.17, 15) is 9.59 Å². The fourth-order valence-electron chi connectivity index (χ4n) is 1.66. The molecular weight excluding hydrogens is 333 g/mol.